The van der Waals surface area contributed by atoms with E-state index in [0.29, 0.717) is 28.0 Å². The zero-order valence-corrected chi connectivity index (χ0v) is 15.5. The highest BCUT2D eigenvalue weighted by Crippen LogP contribution is 2.28. The summed E-state index contributed by atoms with van der Waals surface area (Å²) in [4.78, 5) is 13.8. The molecule has 0 aliphatic carbocycles. The van der Waals surface area contributed by atoms with E-state index in [1.807, 2.05) is 42.8 Å². The number of benzene rings is 1. The van der Waals surface area contributed by atoms with Gasteiger partial charge in [0.05, 0.1) is 10.8 Å². The van der Waals surface area contributed by atoms with Crippen molar-refractivity contribution in [1.29, 1.82) is 0 Å². The summed E-state index contributed by atoms with van der Waals surface area (Å²) < 4.78 is 1.62. The molecule has 0 aliphatic heterocycles. The van der Waals surface area contributed by atoms with Crippen LogP contribution in [-0.4, -0.2) is 27.2 Å². The lowest BCUT2D eigenvalue weighted by Crippen LogP contribution is -2.18. The van der Waals surface area contributed by atoms with Crippen LogP contribution in [0.3, 0.4) is 0 Å². The highest BCUT2D eigenvalue weighted by atomic mass is 35.5. The Balaban J connectivity index is 1.99. The fraction of sp³-hybridized carbons (Fsp3) is 0.188. The Morgan fingerprint density at radius 3 is 2.92 bits per heavy atom. The number of nitrogens with one attached hydrogen (secondary N) is 1. The van der Waals surface area contributed by atoms with Gasteiger partial charge in [-0.2, -0.15) is 0 Å². The van der Waals surface area contributed by atoms with E-state index in [9.17, 15) is 4.79 Å². The van der Waals surface area contributed by atoms with Crippen LogP contribution in [0.2, 0.25) is 5.02 Å². The third kappa shape index (κ3) is 3.33. The quantitative estimate of drug-likeness (QED) is 0.708. The van der Waals surface area contributed by atoms with Crippen LogP contribution in [0.4, 0.5) is 5.69 Å². The van der Waals surface area contributed by atoms with Gasteiger partial charge in [-0.15, -0.1) is 28.2 Å². The van der Waals surface area contributed by atoms with Gasteiger partial charge in [-0.1, -0.05) is 28.9 Å². The molecule has 2 aromatic heterocycles. The number of rotatable bonds is 5. The Morgan fingerprint density at radius 2 is 2.21 bits per heavy atom. The fourth-order valence-corrected chi connectivity index (χ4v) is 3.56. The van der Waals surface area contributed by atoms with Crippen LogP contribution in [0, 0.1) is 6.92 Å². The Kier molecular flexibility index (Phi) is 5.23. The molecule has 0 spiro atoms. The molecule has 5 nitrogen and oxygen atoms in total. The zero-order chi connectivity index (χ0) is 17.1. The van der Waals surface area contributed by atoms with Gasteiger partial charge in [0.15, 0.2) is 5.69 Å². The van der Waals surface area contributed by atoms with Crippen LogP contribution in [0.1, 0.15) is 16.1 Å². The SMILES string of the molecule is CSCn1nnc(-c2cccs2)c1C(=O)Nc1cccc(Cl)c1C. The third-order valence-corrected chi connectivity index (χ3v) is 5.26. The summed E-state index contributed by atoms with van der Waals surface area (Å²) in [7, 11) is 0. The minimum absolute atomic E-state index is 0.247. The van der Waals surface area contributed by atoms with E-state index in [-0.39, 0.29) is 5.91 Å². The zero-order valence-electron chi connectivity index (χ0n) is 13.1. The van der Waals surface area contributed by atoms with Crippen molar-refractivity contribution in [2.45, 2.75) is 12.8 Å². The number of carbonyl (C=O) groups excluding carboxylic acids is 1. The number of amides is 1. The lowest BCUT2D eigenvalue weighted by molar-refractivity contribution is 0.101. The predicted molar refractivity (Wildman–Crippen MR) is 101 cm³/mol. The van der Waals surface area contributed by atoms with Gasteiger partial charge in [0, 0.05) is 10.7 Å². The normalized spacial score (nSPS) is 10.8. The van der Waals surface area contributed by atoms with Crippen molar-refractivity contribution in [3.63, 3.8) is 0 Å². The molecule has 0 atom stereocenters. The molecule has 124 valence electrons. The summed E-state index contributed by atoms with van der Waals surface area (Å²) in [5.41, 5.74) is 2.55. The van der Waals surface area contributed by atoms with Crippen molar-refractivity contribution in [3.8, 4) is 10.6 Å². The molecule has 1 N–H and O–H groups in total. The summed E-state index contributed by atoms with van der Waals surface area (Å²) in [6.07, 6.45) is 1.95. The largest absolute Gasteiger partial charge is 0.320 e. The highest BCUT2D eigenvalue weighted by molar-refractivity contribution is 7.97. The topological polar surface area (TPSA) is 59.8 Å². The number of halogens is 1. The molecule has 0 saturated carbocycles. The van der Waals surface area contributed by atoms with Crippen molar-refractivity contribution in [2.24, 2.45) is 0 Å². The van der Waals surface area contributed by atoms with Gasteiger partial charge in [0.2, 0.25) is 0 Å². The molecule has 0 saturated heterocycles. The first-order valence-electron chi connectivity index (χ1n) is 7.14. The molecule has 0 unspecified atom stereocenters. The average Bonchev–Trinajstić information content (AvgIpc) is 3.21. The molecular weight excluding hydrogens is 364 g/mol. The van der Waals surface area contributed by atoms with Crippen LogP contribution < -0.4 is 5.32 Å². The van der Waals surface area contributed by atoms with Gasteiger partial charge in [0.25, 0.3) is 5.91 Å². The average molecular weight is 379 g/mol. The van der Waals surface area contributed by atoms with Crippen molar-refractivity contribution in [3.05, 3.63) is 52.0 Å². The maximum atomic E-state index is 12.9. The van der Waals surface area contributed by atoms with Crippen LogP contribution in [0.5, 0.6) is 0 Å². The number of thiophene rings is 1. The summed E-state index contributed by atoms with van der Waals surface area (Å²) >= 11 is 9.23. The lowest BCUT2D eigenvalue weighted by atomic mass is 10.2. The number of aromatic nitrogens is 3. The molecule has 2 heterocycles. The summed E-state index contributed by atoms with van der Waals surface area (Å²) in [6.45, 7) is 1.87. The van der Waals surface area contributed by atoms with Crippen molar-refractivity contribution >= 4 is 46.3 Å². The van der Waals surface area contributed by atoms with Crippen molar-refractivity contribution < 1.29 is 4.79 Å². The molecule has 0 aliphatic rings. The second-order valence-electron chi connectivity index (χ2n) is 5.05. The van der Waals surface area contributed by atoms with E-state index in [0.717, 1.165) is 10.4 Å². The van der Waals surface area contributed by atoms with Gasteiger partial charge in [-0.25, -0.2) is 4.68 Å². The first kappa shape index (κ1) is 17.0. The Labute approximate surface area is 153 Å². The second-order valence-corrected chi connectivity index (χ2v) is 7.24. The summed E-state index contributed by atoms with van der Waals surface area (Å²) in [6, 6.07) is 9.29. The Hall–Kier alpha value is -1.83. The summed E-state index contributed by atoms with van der Waals surface area (Å²) in [5.74, 6) is 0.304. The first-order valence-corrected chi connectivity index (χ1v) is 9.79. The van der Waals surface area contributed by atoms with E-state index in [4.69, 9.17) is 11.6 Å². The lowest BCUT2D eigenvalue weighted by Gasteiger charge is -2.11. The number of anilines is 1. The van der Waals surface area contributed by atoms with E-state index in [2.05, 4.69) is 15.6 Å². The van der Waals surface area contributed by atoms with E-state index in [1.54, 1.807) is 22.5 Å². The van der Waals surface area contributed by atoms with E-state index in [1.165, 1.54) is 11.3 Å². The number of hydrogen-bond acceptors (Lipinski definition) is 5. The molecule has 3 rings (SSSR count). The van der Waals surface area contributed by atoms with E-state index < -0.39 is 0 Å². The monoisotopic (exact) mass is 378 g/mol. The minimum atomic E-state index is -0.247. The molecule has 0 bridgehead atoms. The minimum Gasteiger partial charge on any atom is -0.320 e. The smallest absolute Gasteiger partial charge is 0.276 e. The van der Waals surface area contributed by atoms with Gasteiger partial charge in [0.1, 0.15) is 5.69 Å². The maximum Gasteiger partial charge on any atom is 0.276 e. The Morgan fingerprint density at radius 1 is 1.38 bits per heavy atom. The maximum absolute atomic E-state index is 12.9. The third-order valence-electron chi connectivity index (χ3n) is 3.47. The molecule has 0 radical (unpaired) electrons. The van der Waals surface area contributed by atoms with Gasteiger partial charge in [-0.05, 0) is 42.3 Å². The highest BCUT2D eigenvalue weighted by Gasteiger charge is 2.22. The van der Waals surface area contributed by atoms with Gasteiger partial charge < -0.3 is 5.32 Å². The molecule has 3 aromatic rings. The predicted octanol–water partition coefficient (Wildman–Crippen LogP) is 4.54. The molecule has 24 heavy (non-hydrogen) atoms. The number of carbonyl (C=O) groups is 1. The number of hydrogen-bond donors (Lipinski definition) is 1. The molecule has 0 fully saturated rings. The van der Waals surface area contributed by atoms with Gasteiger partial charge >= 0.3 is 0 Å². The van der Waals surface area contributed by atoms with E-state index >= 15 is 0 Å². The first-order chi connectivity index (χ1) is 11.6. The summed E-state index contributed by atoms with van der Waals surface area (Å²) in [5, 5.41) is 13.8. The van der Waals surface area contributed by atoms with Crippen LogP contribution in [0.25, 0.3) is 10.6 Å². The molecule has 1 aromatic carbocycles. The standard InChI is InChI=1S/C16H15ClN4OS2/c1-10-11(17)5-3-6-12(10)18-16(22)15-14(13-7-4-8-24-13)19-20-21(15)9-23-2/h3-8H,9H2,1-2H3,(H,18,22). The number of nitrogens with zero attached hydrogens (tertiary/aromatic N) is 3. The molecular formula is C16H15ClN4OS2. The van der Waals surface area contributed by atoms with Crippen molar-refractivity contribution in [1.82, 2.24) is 15.0 Å². The van der Waals surface area contributed by atoms with Crippen LogP contribution in [0.15, 0.2) is 35.7 Å². The Bertz CT molecular complexity index is 861. The number of thioether (sulfide) groups is 1. The molecule has 8 heteroatoms. The molecule has 1 amide bonds. The van der Waals surface area contributed by atoms with Crippen LogP contribution >= 0.6 is 34.7 Å². The fourth-order valence-electron chi connectivity index (χ4n) is 2.25. The second kappa shape index (κ2) is 7.38. The van der Waals surface area contributed by atoms with Crippen molar-refractivity contribution in [2.75, 3.05) is 11.6 Å². The van der Waals surface area contributed by atoms with Gasteiger partial charge in [-0.3, -0.25) is 4.79 Å². The van der Waals surface area contributed by atoms with Crippen LogP contribution in [-0.2, 0) is 5.88 Å².